The molecule has 0 aliphatic rings. The van der Waals surface area contributed by atoms with Crippen molar-refractivity contribution in [1.82, 2.24) is 0 Å². The van der Waals surface area contributed by atoms with E-state index in [1.807, 2.05) is 13.8 Å². The smallest absolute Gasteiger partial charge is 0.428 e. The van der Waals surface area contributed by atoms with Gasteiger partial charge in [0.2, 0.25) is 0 Å². The number of carbonyl (C=O) groups excluding carboxylic acids is 2. The molecule has 0 radical (unpaired) electrons. The minimum Gasteiger partial charge on any atom is -0.428 e. The van der Waals surface area contributed by atoms with E-state index in [-0.39, 0.29) is 0 Å². The molecular formula is C17H32O5. The number of unbranched alkanes of at least 4 members (excludes halogenated alkanes) is 5. The van der Waals surface area contributed by atoms with E-state index >= 15 is 0 Å². The summed E-state index contributed by atoms with van der Waals surface area (Å²) in [6.45, 7) is 10.9. The highest BCUT2D eigenvalue weighted by Crippen LogP contribution is 2.20. The Kier molecular flexibility index (Phi) is 9.14. The molecule has 0 heterocycles. The van der Waals surface area contributed by atoms with Crippen LogP contribution in [0.3, 0.4) is 0 Å². The fourth-order valence-electron chi connectivity index (χ4n) is 1.97. The fourth-order valence-corrected chi connectivity index (χ4v) is 1.97. The van der Waals surface area contributed by atoms with Gasteiger partial charge in [0.05, 0.1) is 0 Å². The first-order valence-corrected chi connectivity index (χ1v) is 8.19. The predicted octanol–water partition coefficient (Wildman–Crippen LogP) is 5.60. The Morgan fingerprint density at radius 2 is 1.27 bits per heavy atom. The average Bonchev–Trinajstić information content (AvgIpc) is 2.29. The third-order valence-corrected chi connectivity index (χ3v) is 3.05. The molecule has 0 aliphatic carbocycles. The molecule has 0 bridgehead atoms. The third-order valence-electron chi connectivity index (χ3n) is 3.05. The molecule has 0 aromatic carbocycles. The van der Waals surface area contributed by atoms with Crippen LogP contribution in [0.4, 0.5) is 9.59 Å². The second-order valence-electron chi connectivity index (χ2n) is 7.20. The summed E-state index contributed by atoms with van der Waals surface area (Å²) in [6, 6.07) is 0. The lowest BCUT2D eigenvalue weighted by Crippen LogP contribution is -2.31. The molecule has 0 saturated carbocycles. The summed E-state index contributed by atoms with van der Waals surface area (Å²) in [5.41, 5.74) is -1.35. The maximum Gasteiger partial charge on any atom is 0.519 e. The molecule has 5 heteroatoms. The molecule has 0 spiro atoms. The standard InChI is InChI=1S/C17H32O5/c1-7-8-9-10-11-12-13-17(5,6)22-15(19)20-14(18)21-16(2,3)4/h7-13H2,1-6H3. The lowest BCUT2D eigenvalue weighted by atomic mass is 9.99. The van der Waals surface area contributed by atoms with Gasteiger partial charge in [-0.05, 0) is 47.5 Å². The number of rotatable bonds is 8. The Morgan fingerprint density at radius 3 is 1.82 bits per heavy atom. The van der Waals surface area contributed by atoms with E-state index in [9.17, 15) is 9.59 Å². The fraction of sp³-hybridized carbons (Fsp3) is 0.882. The maximum atomic E-state index is 11.6. The lowest BCUT2D eigenvalue weighted by molar-refractivity contribution is -0.0370. The predicted molar refractivity (Wildman–Crippen MR) is 85.9 cm³/mol. The molecule has 0 amide bonds. The Labute approximate surface area is 134 Å². The second-order valence-corrected chi connectivity index (χ2v) is 7.20. The van der Waals surface area contributed by atoms with Gasteiger partial charge in [0.1, 0.15) is 11.2 Å². The molecule has 0 fully saturated rings. The highest BCUT2D eigenvalue weighted by atomic mass is 16.8. The lowest BCUT2D eigenvalue weighted by Gasteiger charge is -2.24. The van der Waals surface area contributed by atoms with Gasteiger partial charge in [-0.3, -0.25) is 0 Å². The second kappa shape index (κ2) is 9.70. The normalized spacial score (nSPS) is 11.9. The van der Waals surface area contributed by atoms with Crippen LogP contribution in [0.25, 0.3) is 0 Å². The van der Waals surface area contributed by atoms with Gasteiger partial charge >= 0.3 is 12.3 Å². The van der Waals surface area contributed by atoms with Crippen molar-refractivity contribution in [2.75, 3.05) is 0 Å². The van der Waals surface area contributed by atoms with Crippen LogP contribution in [0.1, 0.15) is 86.5 Å². The molecule has 0 aromatic heterocycles. The summed E-state index contributed by atoms with van der Waals surface area (Å²) in [7, 11) is 0. The first-order valence-electron chi connectivity index (χ1n) is 8.19. The van der Waals surface area contributed by atoms with Crippen LogP contribution in [0.5, 0.6) is 0 Å². The zero-order chi connectivity index (χ0) is 17.2. The van der Waals surface area contributed by atoms with Crippen LogP contribution in [0, 0.1) is 0 Å². The topological polar surface area (TPSA) is 61.8 Å². The number of hydrogen-bond acceptors (Lipinski definition) is 5. The summed E-state index contributed by atoms with van der Waals surface area (Å²) in [5, 5.41) is 0. The molecule has 0 aliphatic heterocycles. The van der Waals surface area contributed by atoms with Crippen molar-refractivity contribution >= 4 is 12.3 Å². The Hall–Kier alpha value is -1.26. The van der Waals surface area contributed by atoms with Crippen LogP contribution in [-0.4, -0.2) is 23.5 Å². The third kappa shape index (κ3) is 12.5. The van der Waals surface area contributed by atoms with Gasteiger partial charge in [-0.1, -0.05) is 39.0 Å². The monoisotopic (exact) mass is 316 g/mol. The maximum absolute atomic E-state index is 11.6. The molecule has 0 atom stereocenters. The van der Waals surface area contributed by atoms with E-state index in [2.05, 4.69) is 11.7 Å². The van der Waals surface area contributed by atoms with Crippen molar-refractivity contribution in [2.45, 2.75) is 97.7 Å². The Morgan fingerprint density at radius 1 is 0.773 bits per heavy atom. The van der Waals surface area contributed by atoms with Gasteiger partial charge in [0, 0.05) is 0 Å². The van der Waals surface area contributed by atoms with Gasteiger partial charge in [0.15, 0.2) is 0 Å². The van der Waals surface area contributed by atoms with E-state index in [4.69, 9.17) is 9.47 Å². The molecular weight excluding hydrogens is 284 g/mol. The molecule has 5 nitrogen and oxygen atoms in total. The Balaban J connectivity index is 3.98. The van der Waals surface area contributed by atoms with Gasteiger partial charge in [-0.25, -0.2) is 9.59 Å². The van der Waals surface area contributed by atoms with Crippen LogP contribution in [0.2, 0.25) is 0 Å². The molecule has 0 unspecified atom stereocenters. The number of hydrogen-bond donors (Lipinski definition) is 0. The zero-order valence-electron chi connectivity index (χ0n) is 15.0. The Bertz CT molecular complexity index is 341. The average molecular weight is 316 g/mol. The van der Waals surface area contributed by atoms with Gasteiger partial charge in [-0.2, -0.15) is 0 Å². The summed E-state index contributed by atoms with van der Waals surface area (Å²) in [6.07, 6.45) is 5.74. The van der Waals surface area contributed by atoms with Gasteiger partial charge < -0.3 is 14.2 Å². The largest absolute Gasteiger partial charge is 0.519 e. The summed E-state index contributed by atoms with van der Waals surface area (Å²) < 4.78 is 14.6. The summed E-state index contributed by atoms with van der Waals surface area (Å²) >= 11 is 0. The van der Waals surface area contributed by atoms with Gasteiger partial charge in [0.25, 0.3) is 0 Å². The zero-order valence-corrected chi connectivity index (χ0v) is 15.0. The SMILES string of the molecule is CCCCCCCCC(C)(C)OC(=O)OC(=O)OC(C)(C)C. The van der Waals surface area contributed by atoms with E-state index < -0.39 is 23.5 Å². The van der Waals surface area contributed by atoms with Crippen molar-refractivity contribution in [3.05, 3.63) is 0 Å². The van der Waals surface area contributed by atoms with E-state index in [0.29, 0.717) is 0 Å². The van der Waals surface area contributed by atoms with Gasteiger partial charge in [-0.15, -0.1) is 0 Å². The number of carbonyl (C=O) groups is 2. The minimum absolute atomic E-state index is 0.649. The van der Waals surface area contributed by atoms with E-state index in [1.165, 1.54) is 25.7 Å². The van der Waals surface area contributed by atoms with E-state index in [0.717, 1.165) is 19.3 Å². The first-order chi connectivity index (χ1) is 10.1. The molecule has 0 saturated heterocycles. The minimum atomic E-state index is -1.03. The van der Waals surface area contributed by atoms with Crippen LogP contribution >= 0.6 is 0 Å². The van der Waals surface area contributed by atoms with Crippen LogP contribution in [0.15, 0.2) is 0 Å². The first kappa shape index (κ1) is 20.7. The van der Waals surface area contributed by atoms with Crippen LogP contribution in [-0.2, 0) is 14.2 Å². The van der Waals surface area contributed by atoms with Crippen molar-refractivity contribution in [2.24, 2.45) is 0 Å². The van der Waals surface area contributed by atoms with Crippen molar-refractivity contribution < 1.29 is 23.8 Å². The molecule has 0 rings (SSSR count). The summed E-state index contributed by atoms with van der Waals surface area (Å²) in [4.78, 5) is 23.0. The molecule has 0 N–H and O–H groups in total. The molecule has 0 aromatic rings. The number of ether oxygens (including phenoxy) is 3. The van der Waals surface area contributed by atoms with Crippen molar-refractivity contribution in [3.8, 4) is 0 Å². The van der Waals surface area contributed by atoms with Crippen LogP contribution < -0.4 is 0 Å². The molecule has 22 heavy (non-hydrogen) atoms. The highest BCUT2D eigenvalue weighted by Gasteiger charge is 2.27. The van der Waals surface area contributed by atoms with Crippen molar-refractivity contribution in [1.29, 1.82) is 0 Å². The van der Waals surface area contributed by atoms with E-state index in [1.54, 1.807) is 20.8 Å². The van der Waals surface area contributed by atoms with Crippen molar-refractivity contribution in [3.63, 3.8) is 0 Å². The quantitative estimate of drug-likeness (QED) is 0.331. The molecule has 130 valence electrons. The summed E-state index contributed by atoms with van der Waals surface area (Å²) in [5.74, 6) is 0. The highest BCUT2D eigenvalue weighted by molar-refractivity contribution is 5.77.